The van der Waals surface area contributed by atoms with Crippen LogP contribution in [0.5, 0.6) is 0 Å². The van der Waals surface area contributed by atoms with Gasteiger partial charge < -0.3 is 10.1 Å². The minimum Gasteiger partial charge on any atom is -0.458 e. The summed E-state index contributed by atoms with van der Waals surface area (Å²) >= 11 is 0.999. The Morgan fingerprint density at radius 3 is 2.44 bits per heavy atom. The van der Waals surface area contributed by atoms with Crippen molar-refractivity contribution >= 4 is 23.4 Å². The van der Waals surface area contributed by atoms with E-state index in [0.29, 0.717) is 10.6 Å². The monoisotopic (exact) mass is 271 g/mol. The van der Waals surface area contributed by atoms with E-state index in [0.717, 1.165) is 11.5 Å². The van der Waals surface area contributed by atoms with Gasteiger partial charge in [0.2, 0.25) is 0 Å². The van der Waals surface area contributed by atoms with Crippen LogP contribution in [0.25, 0.3) is 0 Å². The average molecular weight is 271 g/mol. The zero-order valence-corrected chi connectivity index (χ0v) is 11.9. The smallest absolute Gasteiger partial charge is 0.328 e. The van der Waals surface area contributed by atoms with Crippen LogP contribution >= 0.6 is 11.5 Å². The summed E-state index contributed by atoms with van der Waals surface area (Å²) in [6.45, 7) is 8.59. The number of nitrogens with zero attached hydrogens (tertiary/aromatic N) is 2. The van der Waals surface area contributed by atoms with Crippen molar-refractivity contribution in [2.75, 3.05) is 0 Å². The van der Waals surface area contributed by atoms with Gasteiger partial charge in [-0.15, -0.1) is 5.10 Å². The molecule has 0 aliphatic rings. The first-order valence-electron chi connectivity index (χ1n) is 5.53. The molecule has 6 nitrogen and oxygen atoms in total. The predicted molar refractivity (Wildman–Crippen MR) is 67.4 cm³/mol. The molecule has 1 atom stereocenters. The maximum absolute atomic E-state index is 11.8. The number of carbonyl (C=O) groups excluding carboxylic acids is 2. The van der Waals surface area contributed by atoms with Crippen molar-refractivity contribution in [2.24, 2.45) is 0 Å². The SMILES string of the molecule is Cc1nnsc1C(=O)N[C@H](C)C(=O)OC(C)(C)C. The number of carbonyl (C=O) groups is 2. The fourth-order valence-electron chi connectivity index (χ4n) is 1.15. The van der Waals surface area contributed by atoms with Gasteiger partial charge in [0.05, 0.1) is 5.69 Å². The van der Waals surface area contributed by atoms with Gasteiger partial charge in [-0.2, -0.15) is 0 Å². The van der Waals surface area contributed by atoms with Gasteiger partial charge in [-0.25, -0.2) is 4.79 Å². The van der Waals surface area contributed by atoms with E-state index in [9.17, 15) is 9.59 Å². The van der Waals surface area contributed by atoms with Crippen LogP contribution in [0.15, 0.2) is 0 Å². The van der Waals surface area contributed by atoms with Crippen molar-refractivity contribution in [3.8, 4) is 0 Å². The van der Waals surface area contributed by atoms with E-state index < -0.39 is 17.6 Å². The van der Waals surface area contributed by atoms with Crippen LogP contribution < -0.4 is 5.32 Å². The summed E-state index contributed by atoms with van der Waals surface area (Å²) in [5.74, 6) is -0.827. The van der Waals surface area contributed by atoms with Crippen LogP contribution in [-0.2, 0) is 9.53 Å². The Labute approximate surface area is 110 Å². The molecule has 100 valence electrons. The number of aryl methyl sites for hydroxylation is 1. The number of hydrogen-bond donors (Lipinski definition) is 1. The average Bonchev–Trinajstić information content (AvgIpc) is 2.61. The van der Waals surface area contributed by atoms with E-state index in [4.69, 9.17) is 4.74 Å². The summed E-state index contributed by atoms with van der Waals surface area (Å²) in [4.78, 5) is 23.9. The Hall–Kier alpha value is -1.50. The molecule has 0 saturated carbocycles. The molecule has 1 N–H and O–H groups in total. The lowest BCUT2D eigenvalue weighted by atomic mass is 10.2. The Kier molecular flexibility index (Phi) is 4.39. The number of esters is 1. The number of amides is 1. The Bertz CT molecular complexity index is 451. The molecule has 0 unspecified atom stereocenters. The van der Waals surface area contributed by atoms with Crippen molar-refractivity contribution in [2.45, 2.75) is 46.3 Å². The van der Waals surface area contributed by atoms with Crippen LogP contribution in [0.2, 0.25) is 0 Å². The molecule has 0 spiro atoms. The molecule has 1 rings (SSSR count). The molecule has 0 aliphatic heterocycles. The van der Waals surface area contributed by atoms with Gasteiger partial charge in [0.1, 0.15) is 16.5 Å². The van der Waals surface area contributed by atoms with Crippen LogP contribution in [0.4, 0.5) is 0 Å². The van der Waals surface area contributed by atoms with Crippen LogP contribution in [0.3, 0.4) is 0 Å². The van der Waals surface area contributed by atoms with Gasteiger partial charge in [-0.3, -0.25) is 4.79 Å². The van der Waals surface area contributed by atoms with E-state index in [1.54, 1.807) is 34.6 Å². The number of ether oxygens (including phenoxy) is 1. The molecule has 0 aliphatic carbocycles. The van der Waals surface area contributed by atoms with Gasteiger partial charge >= 0.3 is 5.97 Å². The molecule has 0 aromatic carbocycles. The third-order valence-electron chi connectivity index (χ3n) is 1.97. The van der Waals surface area contributed by atoms with Crippen LogP contribution in [0, 0.1) is 6.92 Å². The van der Waals surface area contributed by atoms with E-state index in [2.05, 4.69) is 14.9 Å². The molecule has 1 heterocycles. The van der Waals surface area contributed by atoms with E-state index in [-0.39, 0.29) is 5.91 Å². The Morgan fingerprint density at radius 1 is 1.39 bits per heavy atom. The first-order chi connectivity index (χ1) is 8.20. The first kappa shape index (κ1) is 14.6. The highest BCUT2D eigenvalue weighted by Crippen LogP contribution is 2.11. The molecule has 0 bridgehead atoms. The standard InChI is InChI=1S/C11H17N3O3S/c1-6-8(18-14-13-6)9(15)12-7(2)10(16)17-11(3,4)5/h7H,1-5H3,(H,12,15)/t7-/m1/s1. The highest BCUT2D eigenvalue weighted by molar-refractivity contribution is 7.08. The molecular formula is C11H17N3O3S. The second-order valence-electron chi connectivity index (χ2n) is 4.92. The van der Waals surface area contributed by atoms with Crippen LogP contribution in [0.1, 0.15) is 43.1 Å². The zero-order chi connectivity index (χ0) is 13.9. The van der Waals surface area contributed by atoms with Gasteiger partial charge in [-0.1, -0.05) is 4.49 Å². The van der Waals surface area contributed by atoms with Crippen molar-refractivity contribution in [3.05, 3.63) is 10.6 Å². The molecule has 7 heteroatoms. The summed E-state index contributed by atoms with van der Waals surface area (Å²) in [5.41, 5.74) is -0.0215. The van der Waals surface area contributed by atoms with Crippen LogP contribution in [-0.4, -0.2) is 33.1 Å². The minimum atomic E-state index is -0.710. The van der Waals surface area contributed by atoms with Crippen molar-refractivity contribution in [1.82, 2.24) is 14.9 Å². The van der Waals surface area contributed by atoms with E-state index >= 15 is 0 Å². The quantitative estimate of drug-likeness (QED) is 0.838. The number of hydrogen-bond acceptors (Lipinski definition) is 6. The lowest BCUT2D eigenvalue weighted by Crippen LogP contribution is -2.42. The fourth-order valence-corrected chi connectivity index (χ4v) is 1.71. The van der Waals surface area contributed by atoms with Gasteiger partial charge in [-0.05, 0) is 46.2 Å². The fraction of sp³-hybridized carbons (Fsp3) is 0.636. The molecular weight excluding hydrogens is 254 g/mol. The lowest BCUT2D eigenvalue weighted by molar-refractivity contribution is -0.156. The number of nitrogens with one attached hydrogen (secondary N) is 1. The van der Waals surface area contributed by atoms with Gasteiger partial charge in [0.15, 0.2) is 0 Å². The summed E-state index contributed by atoms with van der Waals surface area (Å²) < 4.78 is 8.84. The lowest BCUT2D eigenvalue weighted by Gasteiger charge is -2.22. The maximum atomic E-state index is 11.8. The van der Waals surface area contributed by atoms with Crippen molar-refractivity contribution in [3.63, 3.8) is 0 Å². The topological polar surface area (TPSA) is 81.2 Å². The van der Waals surface area contributed by atoms with Crippen molar-refractivity contribution in [1.29, 1.82) is 0 Å². The van der Waals surface area contributed by atoms with E-state index in [1.807, 2.05) is 0 Å². The second kappa shape index (κ2) is 5.43. The molecule has 18 heavy (non-hydrogen) atoms. The zero-order valence-electron chi connectivity index (χ0n) is 11.1. The molecule has 0 radical (unpaired) electrons. The first-order valence-corrected chi connectivity index (χ1v) is 6.30. The molecule has 1 aromatic rings. The summed E-state index contributed by atoms with van der Waals surface area (Å²) in [6.07, 6.45) is 0. The number of aromatic nitrogens is 2. The Morgan fingerprint density at radius 2 is 2.00 bits per heavy atom. The number of rotatable bonds is 3. The molecule has 1 aromatic heterocycles. The van der Waals surface area contributed by atoms with E-state index in [1.165, 1.54) is 0 Å². The second-order valence-corrected chi connectivity index (χ2v) is 5.67. The van der Waals surface area contributed by atoms with Crippen molar-refractivity contribution < 1.29 is 14.3 Å². The maximum Gasteiger partial charge on any atom is 0.328 e. The summed E-state index contributed by atoms with van der Waals surface area (Å²) in [6, 6.07) is -0.710. The third kappa shape index (κ3) is 4.06. The minimum absolute atomic E-state index is 0.360. The highest BCUT2D eigenvalue weighted by atomic mass is 32.1. The van der Waals surface area contributed by atoms with Gasteiger partial charge in [0.25, 0.3) is 5.91 Å². The molecule has 0 saturated heterocycles. The Balaban J connectivity index is 2.60. The third-order valence-corrected chi connectivity index (χ3v) is 2.79. The predicted octanol–water partition coefficient (Wildman–Crippen LogP) is 1.31. The summed E-state index contributed by atoms with van der Waals surface area (Å²) in [7, 11) is 0. The molecule has 1 amide bonds. The summed E-state index contributed by atoms with van der Waals surface area (Å²) in [5, 5.41) is 6.30. The van der Waals surface area contributed by atoms with Gasteiger partial charge in [0, 0.05) is 0 Å². The highest BCUT2D eigenvalue weighted by Gasteiger charge is 2.24. The largest absolute Gasteiger partial charge is 0.458 e. The molecule has 0 fully saturated rings. The normalized spacial score (nSPS) is 12.9.